The van der Waals surface area contributed by atoms with Gasteiger partial charge >= 0.3 is 0 Å². The van der Waals surface area contributed by atoms with Crippen molar-refractivity contribution in [1.82, 2.24) is 0 Å². The van der Waals surface area contributed by atoms with Gasteiger partial charge in [-0.25, -0.2) is 0 Å². The Labute approximate surface area is 62.6 Å². The predicted molar refractivity (Wildman–Crippen MR) is 43.7 cm³/mol. The van der Waals surface area contributed by atoms with Gasteiger partial charge in [-0.05, 0) is 31.1 Å². The molecular weight excluding hydrogens is 120 g/mol. The van der Waals surface area contributed by atoms with Gasteiger partial charge in [0.05, 0.1) is 0 Å². The fourth-order valence-corrected chi connectivity index (χ4v) is 2.08. The van der Waals surface area contributed by atoms with Crippen molar-refractivity contribution in [1.29, 1.82) is 0 Å². The predicted octanol–water partition coefficient (Wildman–Crippen LogP) is 2.92. The molecule has 0 amide bonds. The highest BCUT2D eigenvalue weighted by Gasteiger charge is 2.21. The highest BCUT2D eigenvalue weighted by molar-refractivity contribution is 5.22. The van der Waals surface area contributed by atoms with Crippen molar-refractivity contribution in [3.05, 3.63) is 23.8 Å². The van der Waals surface area contributed by atoms with E-state index in [0.29, 0.717) is 0 Å². The minimum atomic E-state index is 0.855. The summed E-state index contributed by atoms with van der Waals surface area (Å²) in [5, 5.41) is 0. The maximum absolute atomic E-state index is 2.37. The second-order valence-corrected chi connectivity index (χ2v) is 3.56. The van der Waals surface area contributed by atoms with Gasteiger partial charge in [-0.1, -0.05) is 30.7 Å². The summed E-state index contributed by atoms with van der Waals surface area (Å²) in [5.41, 5.74) is 1.67. The Morgan fingerprint density at radius 3 is 3.20 bits per heavy atom. The second-order valence-electron chi connectivity index (χ2n) is 3.56. The summed E-state index contributed by atoms with van der Waals surface area (Å²) in [6, 6.07) is 0. The van der Waals surface area contributed by atoms with E-state index in [0.717, 1.165) is 11.8 Å². The van der Waals surface area contributed by atoms with Crippen molar-refractivity contribution in [3.63, 3.8) is 0 Å². The van der Waals surface area contributed by atoms with Gasteiger partial charge in [-0.2, -0.15) is 0 Å². The molecule has 1 saturated carbocycles. The van der Waals surface area contributed by atoms with Crippen molar-refractivity contribution in [2.45, 2.75) is 26.2 Å². The van der Waals surface area contributed by atoms with Gasteiger partial charge < -0.3 is 0 Å². The van der Waals surface area contributed by atoms with E-state index in [1.807, 2.05) is 0 Å². The Hall–Kier alpha value is -0.520. The topological polar surface area (TPSA) is 0 Å². The zero-order valence-electron chi connectivity index (χ0n) is 6.51. The van der Waals surface area contributed by atoms with Crippen LogP contribution in [0.2, 0.25) is 0 Å². The van der Waals surface area contributed by atoms with Crippen LogP contribution in [-0.2, 0) is 0 Å². The molecule has 0 heterocycles. The van der Waals surface area contributed by atoms with Crippen LogP contribution in [0.1, 0.15) is 26.2 Å². The first kappa shape index (κ1) is 6.21. The van der Waals surface area contributed by atoms with Crippen molar-refractivity contribution >= 4 is 0 Å². The van der Waals surface area contributed by atoms with Crippen LogP contribution in [0.3, 0.4) is 0 Å². The maximum atomic E-state index is 2.37. The molecule has 3 aliphatic carbocycles. The molecule has 3 rings (SSSR count). The summed E-state index contributed by atoms with van der Waals surface area (Å²) in [7, 11) is 0. The lowest BCUT2D eigenvalue weighted by atomic mass is 9.81. The van der Waals surface area contributed by atoms with Gasteiger partial charge in [-0.15, -0.1) is 0 Å². The molecule has 0 aliphatic heterocycles. The third-order valence-corrected chi connectivity index (χ3v) is 2.79. The fraction of sp³-hybridized carbons (Fsp3) is 0.600. The summed E-state index contributed by atoms with van der Waals surface area (Å²) in [4.78, 5) is 0. The smallest absolute Gasteiger partial charge is 0.0222 e. The largest absolute Gasteiger partial charge is 0.0814 e. The highest BCUT2D eigenvalue weighted by atomic mass is 14.3. The van der Waals surface area contributed by atoms with Crippen LogP contribution in [0.4, 0.5) is 0 Å². The summed E-state index contributed by atoms with van der Waals surface area (Å²) in [5.74, 6) is 1.74. The van der Waals surface area contributed by atoms with E-state index in [2.05, 4.69) is 25.2 Å². The molecule has 0 saturated heterocycles. The maximum Gasteiger partial charge on any atom is -0.0222 e. The van der Waals surface area contributed by atoms with Gasteiger partial charge in [0.15, 0.2) is 0 Å². The van der Waals surface area contributed by atoms with Gasteiger partial charge in [0.25, 0.3) is 0 Å². The Kier molecular flexibility index (Phi) is 1.40. The number of fused-ring (bicyclic) bond motifs is 3. The molecule has 0 aromatic carbocycles. The lowest BCUT2D eigenvalue weighted by Crippen LogP contribution is -2.12. The van der Waals surface area contributed by atoms with E-state index in [-0.39, 0.29) is 0 Å². The van der Waals surface area contributed by atoms with Crippen molar-refractivity contribution in [3.8, 4) is 0 Å². The third-order valence-electron chi connectivity index (χ3n) is 2.79. The van der Waals surface area contributed by atoms with Crippen LogP contribution in [0.15, 0.2) is 23.8 Å². The standard InChI is InChI=1S/C10H14/c1-8-7-9-3-2-4-10(8)6-5-9/h2-4,8-9H,5-7H2,1H3. The van der Waals surface area contributed by atoms with E-state index in [4.69, 9.17) is 0 Å². The zero-order chi connectivity index (χ0) is 6.97. The SMILES string of the molecule is CC1CC2C=CC=C1CC2. The molecule has 2 bridgehead atoms. The molecule has 0 radical (unpaired) electrons. The van der Waals surface area contributed by atoms with Crippen LogP contribution in [-0.4, -0.2) is 0 Å². The molecule has 3 aliphatic rings. The number of hydrogen-bond acceptors (Lipinski definition) is 0. The molecule has 2 unspecified atom stereocenters. The average molecular weight is 134 g/mol. The molecule has 2 atom stereocenters. The van der Waals surface area contributed by atoms with Crippen molar-refractivity contribution in [2.75, 3.05) is 0 Å². The average Bonchev–Trinajstić information content (AvgIpc) is 2.20. The monoisotopic (exact) mass is 134 g/mol. The lowest BCUT2D eigenvalue weighted by Gasteiger charge is -2.25. The highest BCUT2D eigenvalue weighted by Crippen LogP contribution is 2.35. The Balaban J connectivity index is 2.29. The molecule has 0 N–H and O–H groups in total. The van der Waals surface area contributed by atoms with Crippen molar-refractivity contribution < 1.29 is 0 Å². The van der Waals surface area contributed by atoms with E-state index in [1.165, 1.54) is 19.3 Å². The molecule has 54 valence electrons. The van der Waals surface area contributed by atoms with Gasteiger partial charge in [-0.3, -0.25) is 0 Å². The Morgan fingerprint density at radius 2 is 2.40 bits per heavy atom. The number of hydrogen-bond donors (Lipinski definition) is 0. The molecule has 1 fully saturated rings. The first-order valence-corrected chi connectivity index (χ1v) is 4.23. The minimum absolute atomic E-state index is 0.855. The van der Waals surface area contributed by atoms with E-state index < -0.39 is 0 Å². The molecular formula is C10H14. The van der Waals surface area contributed by atoms with E-state index >= 15 is 0 Å². The summed E-state index contributed by atoms with van der Waals surface area (Å²) >= 11 is 0. The van der Waals surface area contributed by atoms with Crippen LogP contribution in [0, 0.1) is 11.8 Å². The first-order valence-electron chi connectivity index (χ1n) is 4.23. The molecule has 10 heavy (non-hydrogen) atoms. The van der Waals surface area contributed by atoms with Crippen LogP contribution >= 0.6 is 0 Å². The van der Waals surface area contributed by atoms with Crippen LogP contribution in [0.5, 0.6) is 0 Å². The van der Waals surface area contributed by atoms with E-state index in [9.17, 15) is 0 Å². The normalized spacial score (nSPS) is 37.5. The molecule has 0 aromatic heterocycles. The summed E-state index contributed by atoms with van der Waals surface area (Å²) in [6.45, 7) is 2.35. The third kappa shape index (κ3) is 0.920. The zero-order valence-corrected chi connectivity index (χ0v) is 6.51. The van der Waals surface area contributed by atoms with Crippen LogP contribution < -0.4 is 0 Å². The fourth-order valence-electron chi connectivity index (χ4n) is 2.08. The van der Waals surface area contributed by atoms with Crippen LogP contribution in [0.25, 0.3) is 0 Å². The minimum Gasteiger partial charge on any atom is -0.0814 e. The molecule has 0 spiro atoms. The second kappa shape index (κ2) is 2.26. The summed E-state index contributed by atoms with van der Waals surface area (Å²) < 4.78 is 0. The Morgan fingerprint density at radius 1 is 1.50 bits per heavy atom. The van der Waals surface area contributed by atoms with Gasteiger partial charge in [0.1, 0.15) is 0 Å². The number of allylic oxidation sites excluding steroid dienone is 4. The van der Waals surface area contributed by atoms with E-state index in [1.54, 1.807) is 5.57 Å². The number of rotatable bonds is 0. The lowest BCUT2D eigenvalue weighted by molar-refractivity contribution is 0.408. The van der Waals surface area contributed by atoms with Crippen molar-refractivity contribution in [2.24, 2.45) is 11.8 Å². The molecule has 0 nitrogen and oxygen atoms in total. The Bertz CT molecular complexity index is 186. The quantitative estimate of drug-likeness (QED) is 0.478. The molecule has 0 heteroatoms. The molecule has 0 aromatic rings. The first-order chi connectivity index (χ1) is 4.86. The summed E-state index contributed by atoms with van der Waals surface area (Å²) in [6.07, 6.45) is 11.1. The van der Waals surface area contributed by atoms with Gasteiger partial charge in [0, 0.05) is 0 Å². The van der Waals surface area contributed by atoms with Gasteiger partial charge in [0.2, 0.25) is 0 Å².